The fourth-order valence-corrected chi connectivity index (χ4v) is 6.24. The van der Waals surface area contributed by atoms with E-state index in [0.717, 1.165) is 33.7 Å². The highest BCUT2D eigenvalue weighted by atomic mass is 32.2. The van der Waals surface area contributed by atoms with Gasteiger partial charge in [-0.05, 0) is 43.0 Å². The molecular formula is C30H29N5OS2. The Labute approximate surface area is 231 Å². The average Bonchev–Trinajstić information content (AvgIpc) is 3.58. The first-order valence-electron chi connectivity index (χ1n) is 12.5. The van der Waals surface area contributed by atoms with Gasteiger partial charge in [0.2, 0.25) is 0 Å². The first kappa shape index (κ1) is 25.9. The van der Waals surface area contributed by atoms with Crippen LogP contribution in [0.2, 0.25) is 0 Å². The third-order valence-corrected chi connectivity index (χ3v) is 8.35. The van der Waals surface area contributed by atoms with Crippen LogP contribution in [-0.2, 0) is 5.75 Å². The second-order valence-electron chi connectivity index (χ2n) is 8.99. The van der Waals surface area contributed by atoms with Gasteiger partial charge in [0.25, 0.3) is 5.91 Å². The van der Waals surface area contributed by atoms with E-state index < -0.39 is 0 Å². The van der Waals surface area contributed by atoms with E-state index in [1.807, 2.05) is 36.6 Å². The number of benzene rings is 3. The molecule has 0 bridgehead atoms. The van der Waals surface area contributed by atoms with Crippen molar-refractivity contribution in [3.05, 3.63) is 124 Å². The second kappa shape index (κ2) is 12.2. The summed E-state index contributed by atoms with van der Waals surface area (Å²) in [6.07, 6.45) is 0.806. The lowest BCUT2D eigenvalue weighted by molar-refractivity contribution is 0.0948. The van der Waals surface area contributed by atoms with Crippen molar-refractivity contribution < 1.29 is 4.79 Å². The number of carbonyl (C=O) groups is 1. The third kappa shape index (κ3) is 6.03. The quantitative estimate of drug-likeness (QED) is 0.203. The van der Waals surface area contributed by atoms with Crippen molar-refractivity contribution in [1.29, 1.82) is 0 Å². The van der Waals surface area contributed by atoms with Crippen LogP contribution in [0, 0.1) is 13.8 Å². The lowest BCUT2D eigenvalue weighted by Gasteiger charge is -2.18. The van der Waals surface area contributed by atoms with Gasteiger partial charge in [-0.25, -0.2) is 4.98 Å². The van der Waals surface area contributed by atoms with Crippen LogP contribution in [0.15, 0.2) is 95.5 Å². The van der Waals surface area contributed by atoms with Gasteiger partial charge in [-0.1, -0.05) is 90.6 Å². The molecule has 0 radical (unpaired) electrons. The molecule has 5 rings (SSSR count). The number of hydrogen-bond donors (Lipinski definition) is 1. The number of nitrogens with one attached hydrogen (secondary N) is 1. The Kier molecular flexibility index (Phi) is 8.31. The first-order valence-corrected chi connectivity index (χ1v) is 14.4. The van der Waals surface area contributed by atoms with E-state index in [4.69, 9.17) is 0 Å². The van der Waals surface area contributed by atoms with Crippen LogP contribution in [-0.4, -0.2) is 32.2 Å². The molecule has 2 aromatic heterocycles. The molecule has 2 heterocycles. The molecule has 0 aliphatic rings. The minimum absolute atomic E-state index is 0.142. The number of para-hydroxylation sites is 1. The Morgan fingerprint density at radius 1 is 0.921 bits per heavy atom. The Hall–Kier alpha value is -3.75. The smallest absolute Gasteiger partial charge is 0.270 e. The molecule has 1 amide bonds. The Morgan fingerprint density at radius 2 is 1.58 bits per heavy atom. The van der Waals surface area contributed by atoms with Crippen molar-refractivity contribution in [1.82, 2.24) is 25.1 Å². The van der Waals surface area contributed by atoms with Gasteiger partial charge in [-0.15, -0.1) is 21.5 Å². The summed E-state index contributed by atoms with van der Waals surface area (Å²) >= 11 is 3.06. The SMILES string of the molecule is Cc1ccccc1-n1c(C)nnc1SCc1nc(C(=O)NCCC(c2ccccc2)c2ccccc2)cs1. The number of rotatable bonds is 10. The average molecular weight is 540 g/mol. The zero-order valence-corrected chi connectivity index (χ0v) is 23.0. The van der Waals surface area contributed by atoms with Gasteiger partial charge in [0, 0.05) is 17.8 Å². The van der Waals surface area contributed by atoms with Gasteiger partial charge in [0.1, 0.15) is 16.5 Å². The van der Waals surface area contributed by atoms with Gasteiger partial charge in [0.15, 0.2) is 5.16 Å². The minimum atomic E-state index is -0.142. The van der Waals surface area contributed by atoms with Crippen molar-refractivity contribution in [2.45, 2.75) is 37.1 Å². The van der Waals surface area contributed by atoms with Crippen molar-refractivity contribution in [3.8, 4) is 5.69 Å². The second-order valence-corrected chi connectivity index (χ2v) is 10.9. The van der Waals surface area contributed by atoms with E-state index in [2.05, 4.69) is 92.7 Å². The monoisotopic (exact) mass is 539 g/mol. The van der Waals surface area contributed by atoms with Crippen LogP contribution in [0.25, 0.3) is 5.69 Å². The number of nitrogens with zero attached hydrogens (tertiary/aromatic N) is 4. The van der Waals surface area contributed by atoms with Gasteiger partial charge < -0.3 is 5.32 Å². The standard InChI is InChI=1S/C30H29N5OS2/c1-21-11-9-10-16-27(21)35-22(2)33-34-30(35)38-20-28-32-26(19-37-28)29(36)31-18-17-25(23-12-5-3-6-13-23)24-14-7-4-8-15-24/h3-16,19,25H,17-18,20H2,1-2H3,(H,31,36). The normalized spacial score (nSPS) is 11.1. The van der Waals surface area contributed by atoms with Crippen molar-refractivity contribution in [2.24, 2.45) is 0 Å². The summed E-state index contributed by atoms with van der Waals surface area (Å²) < 4.78 is 2.07. The van der Waals surface area contributed by atoms with Crippen LogP contribution in [0.1, 0.15) is 50.3 Å². The molecule has 0 saturated heterocycles. The van der Waals surface area contributed by atoms with Crippen LogP contribution < -0.4 is 5.32 Å². The molecule has 6 nitrogen and oxygen atoms in total. The molecule has 8 heteroatoms. The van der Waals surface area contributed by atoms with Gasteiger partial charge in [-0.3, -0.25) is 9.36 Å². The van der Waals surface area contributed by atoms with E-state index in [9.17, 15) is 4.79 Å². The molecule has 5 aromatic rings. The molecule has 0 fully saturated rings. The maximum Gasteiger partial charge on any atom is 0.270 e. The van der Waals surface area contributed by atoms with Gasteiger partial charge in [-0.2, -0.15) is 0 Å². The fourth-order valence-electron chi connectivity index (χ4n) is 4.45. The van der Waals surface area contributed by atoms with Gasteiger partial charge in [0.05, 0.1) is 11.4 Å². The molecule has 192 valence electrons. The summed E-state index contributed by atoms with van der Waals surface area (Å²) in [5.41, 5.74) is 5.18. The number of aromatic nitrogens is 4. The molecule has 3 aromatic carbocycles. The Morgan fingerprint density at radius 3 is 2.26 bits per heavy atom. The predicted molar refractivity (Wildman–Crippen MR) is 154 cm³/mol. The molecule has 0 saturated carbocycles. The topological polar surface area (TPSA) is 72.7 Å². The zero-order chi connectivity index (χ0) is 26.3. The highest BCUT2D eigenvalue weighted by molar-refractivity contribution is 7.98. The first-order chi connectivity index (χ1) is 18.6. The van der Waals surface area contributed by atoms with Crippen LogP contribution in [0.5, 0.6) is 0 Å². The van der Waals surface area contributed by atoms with Gasteiger partial charge >= 0.3 is 0 Å². The molecule has 1 N–H and O–H groups in total. The number of hydrogen-bond acceptors (Lipinski definition) is 6. The predicted octanol–water partition coefficient (Wildman–Crippen LogP) is 6.58. The van der Waals surface area contributed by atoms with Crippen LogP contribution in [0.4, 0.5) is 0 Å². The van der Waals surface area contributed by atoms with Crippen LogP contribution >= 0.6 is 23.1 Å². The minimum Gasteiger partial charge on any atom is -0.351 e. The van der Waals surface area contributed by atoms with Crippen LogP contribution in [0.3, 0.4) is 0 Å². The summed E-state index contributed by atoms with van der Waals surface area (Å²) in [6, 6.07) is 29.1. The highest BCUT2D eigenvalue weighted by Gasteiger charge is 2.17. The van der Waals surface area contributed by atoms with Crippen molar-refractivity contribution in [3.63, 3.8) is 0 Å². The molecule has 0 spiro atoms. The summed E-state index contributed by atoms with van der Waals surface area (Å²) in [7, 11) is 0. The lowest BCUT2D eigenvalue weighted by Crippen LogP contribution is -2.26. The molecular weight excluding hydrogens is 510 g/mol. The summed E-state index contributed by atoms with van der Waals surface area (Å²) in [5.74, 6) is 1.53. The molecule has 0 unspecified atom stereocenters. The number of carbonyl (C=O) groups excluding carboxylic acids is 1. The van der Waals surface area contributed by atoms with E-state index in [0.29, 0.717) is 18.0 Å². The summed E-state index contributed by atoms with van der Waals surface area (Å²) in [6.45, 7) is 4.60. The largest absolute Gasteiger partial charge is 0.351 e. The van der Waals surface area contributed by atoms with E-state index in [1.54, 1.807) is 11.8 Å². The molecule has 0 aliphatic heterocycles. The van der Waals surface area contributed by atoms with Crippen molar-refractivity contribution >= 4 is 29.0 Å². The summed E-state index contributed by atoms with van der Waals surface area (Å²) in [5, 5.41) is 15.2. The van der Waals surface area contributed by atoms with E-state index in [-0.39, 0.29) is 11.8 Å². The number of aryl methyl sites for hydroxylation is 2. The number of amides is 1. The molecule has 38 heavy (non-hydrogen) atoms. The van der Waals surface area contributed by atoms with Crippen molar-refractivity contribution in [2.75, 3.05) is 6.54 Å². The zero-order valence-electron chi connectivity index (χ0n) is 21.4. The lowest BCUT2D eigenvalue weighted by atomic mass is 9.88. The Balaban J connectivity index is 1.19. The third-order valence-electron chi connectivity index (χ3n) is 6.38. The molecule has 0 atom stereocenters. The Bertz CT molecular complexity index is 1460. The molecule has 0 aliphatic carbocycles. The highest BCUT2D eigenvalue weighted by Crippen LogP contribution is 2.29. The van der Waals surface area contributed by atoms with E-state index >= 15 is 0 Å². The van der Waals surface area contributed by atoms with E-state index in [1.165, 1.54) is 22.5 Å². The number of thioether (sulfide) groups is 1. The maximum atomic E-state index is 12.9. The fraction of sp³-hybridized carbons (Fsp3) is 0.200. The maximum absolute atomic E-state index is 12.9. The summed E-state index contributed by atoms with van der Waals surface area (Å²) in [4.78, 5) is 17.5. The number of thiazole rings is 1.